The molecule has 0 saturated heterocycles. The quantitative estimate of drug-likeness (QED) is 0.810. The number of amides is 1. The van der Waals surface area contributed by atoms with Crippen molar-refractivity contribution >= 4 is 40.8 Å². The average Bonchev–Trinajstić information content (AvgIpc) is 2.70. The molecule has 7 heteroatoms. The van der Waals surface area contributed by atoms with E-state index in [1.165, 1.54) is 24.4 Å². The predicted molar refractivity (Wildman–Crippen MR) is 76.9 cm³/mol. The van der Waals surface area contributed by atoms with Crippen molar-refractivity contribution in [2.75, 3.05) is 5.32 Å². The van der Waals surface area contributed by atoms with Crippen molar-refractivity contribution in [1.82, 2.24) is 4.98 Å². The van der Waals surface area contributed by atoms with Crippen molar-refractivity contribution in [2.24, 2.45) is 0 Å². The van der Waals surface area contributed by atoms with Gasteiger partial charge in [0.15, 0.2) is 0 Å². The van der Waals surface area contributed by atoms with E-state index in [1.807, 2.05) is 0 Å². The van der Waals surface area contributed by atoms with Gasteiger partial charge in [-0.2, -0.15) is 0 Å². The molecule has 0 radical (unpaired) electrons. The highest BCUT2D eigenvalue weighted by Crippen LogP contribution is 2.24. The van der Waals surface area contributed by atoms with Crippen LogP contribution < -0.4 is 5.32 Å². The highest BCUT2D eigenvalue weighted by atomic mass is 35.5. The maximum atomic E-state index is 12.1. The van der Waals surface area contributed by atoms with Crippen LogP contribution >= 0.6 is 23.2 Å². The second-order valence-corrected chi connectivity index (χ2v) is 4.93. The summed E-state index contributed by atoms with van der Waals surface area (Å²) in [6.45, 7) is 1.61. The number of halogens is 2. The Hall–Kier alpha value is -1.98. The van der Waals surface area contributed by atoms with Crippen LogP contribution in [0.25, 0.3) is 0 Å². The first-order chi connectivity index (χ1) is 9.40. The smallest absolute Gasteiger partial charge is 0.339 e. The number of carboxylic acid groups (broad SMARTS) is 1. The number of hydrogen-bond acceptors (Lipinski definition) is 2. The maximum Gasteiger partial charge on any atom is 0.339 e. The number of carboxylic acids is 1. The van der Waals surface area contributed by atoms with Gasteiger partial charge in [-0.1, -0.05) is 23.2 Å². The minimum absolute atomic E-state index is 0.0171. The van der Waals surface area contributed by atoms with E-state index in [2.05, 4.69) is 10.3 Å². The number of aromatic amines is 1. The van der Waals surface area contributed by atoms with Gasteiger partial charge < -0.3 is 15.4 Å². The van der Waals surface area contributed by atoms with Crippen LogP contribution in [0.15, 0.2) is 24.4 Å². The van der Waals surface area contributed by atoms with Gasteiger partial charge in [0.2, 0.25) is 0 Å². The number of hydrogen-bond donors (Lipinski definition) is 3. The molecule has 0 atom stereocenters. The van der Waals surface area contributed by atoms with Crippen LogP contribution in [0.5, 0.6) is 0 Å². The summed E-state index contributed by atoms with van der Waals surface area (Å²) in [7, 11) is 0. The average molecular weight is 313 g/mol. The fourth-order valence-corrected chi connectivity index (χ4v) is 2.26. The molecule has 0 fully saturated rings. The summed E-state index contributed by atoms with van der Waals surface area (Å²) < 4.78 is 0. The lowest BCUT2D eigenvalue weighted by molar-refractivity contribution is 0.0697. The number of nitrogens with one attached hydrogen (secondary N) is 2. The summed E-state index contributed by atoms with van der Waals surface area (Å²) in [5.41, 5.74) is 0.871. The number of anilines is 1. The van der Waals surface area contributed by atoms with Crippen molar-refractivity contribution < 1.29 is 14.7 Å². The van der Waals surface area contributed by atoms with Gasteiger partial charge in [-0.15, -0.1) is 0 Å². The van der Waals surface area contributed by atoms with Crippen molar-refractivity contribution in [2.45, 2.75) is 6.92 Å². The van der Waals surface area contributed by atoms with Crippen LogP contribution in [0, 0.1) is 6.92 Å². The molecule has 2 aromatic rings. The Labute approximate surface area is 124 Å². The Balaban J connectivity index is 2.31. The predicted octanol–water partition coefficient (Wildman–Crippen LogP) is 3.58. The molecule has 0 aliphatic heterocycles. The normalized spacial score (nSPS) is 10.3. The van der Waals surface area contributed by atoms with Gasteiger partial charge in [-0.05, 0) is 25.1 Å². The van der Waals surface area contributed by atoms with Crippen molar-refractivity contribution in [3.63, 3.8) is 0 Å². The van der Waals surface area contributed by atoms with E-state index < -0.39 is 11.9 Å². The summed E-state index contributed by atoms with van der Waals surface area (Å²) >= 11 is 11.7. The zero-order chi connectivity index (χ0) is 14.9. The third-order valence-corrected chi connectivity index (χ3v) is 3.26. The number of benzene rings is 1. The van der Waals surface area contributed by atoms with Gasteiger partial charge in [0.25, 0.3) is 5.91 Å². The monoisotopic (exact) mass is 312 g/mol. The molecule has 0 aliphatic rings. The van der Waals surface area contributed by atoms with E-state index in [0.717, 1.165) is 0 Å². The SMILES string of the molecule is Cc1[nH]cc(NC(=O)c2ccc(Cl)cc2Cl)c1C(=O)O. The topological polar surface area (TPSA) is 82.2 Å². The second kappa shape index (κ2) is 5.56. The summed E-state index contributed by atoms with van der Waals surface area (Å²) in [6, 6.07) is 4.45. The number of carbonyl (C=O) groups excluding carboxylic acids is 1. The molecule has 3 N–H and O–H groups in total. The molecule has 2 rings (SSSR count). The van der Waals surface area contributed by atoms with E-state index in [0.29, 0.717) is 10.7 Å². The van der Waals surface area contributed by atoms with Gasteiger partial charge in [0, 0.05) is 16.9 Å². The van der Waals surface area contributed by atoms with E-state index >= 15 is 0 Å². The first-order valence-corrected chi connectivity index (χ1v) is 6.33. The summed E-state index contributed by atoms with van der Waals surface area (Å²) in [5.74, 6) is -1.63. The maximum absolute atomic E-state index is 12.1. The Morgan fingerprint density at radius 2 is 2.00 bits per heavy atom. The summed E-state index contributed by atoms with van der Waals surface area (Å²) in [6.07, 6.45) is 1.42. The molecular formula is C13H10Cl2N2O3. The zero-order valence-electron chi connectivity index (χ0n) is 10.3. The molecule has 5 nitrogen and oxygen atoms in total. The molecule has 1 aromatic carbocycles. The standard InChI is InChI=1S/C13H10Cl2N2O3/c1-6-11(13(19)20)10(5-16-6)17-12(18)8-3-2-7(14)4-9(8)15/h2-5,16H,1H3,(H,17,18)(H,19,20). The Morgan fingerprint density at radius 3 is 2.60 bits per heavy atom. The van der Waals surface area contributed by atoms with Gasteiger partial charge in [0.1, 0.15) is 5.56 Å². The van der Waals surface area contributed by atoms with E-state index in [-0.39, 0.29) is 21.8 Å². The minimum atomic E-state index is -1.12. The van der Waals surface area contributed by atoms with Crippen LogP contribution in [0.4, 0.5) is 5.69 Å². The third-order valence-electron chi connectivity index (χ3n) is 2.72. The molecule has 0 saturated carbocycles. The van der Waals surface area contributed by atoms with Crippen LogP contribution in [0.3, 0.4) is 0 Å². The first kappa shape index (κ1) is 14.4. The van der Waals surface area contributed by atoms with Crippen LogP contribution in [-0.2, 0) is 0 Å². The van der Waals surface area contributed by atoms with E-state index in [9.17, 15) is 9.59 Å². The lowest BCUT2D eigenvalue weighted by atomic mass is 10.2. The van der Waals surface area contributed by atoms with Gasteiger partial charge >= 0.3 is 5.97 Å². The van der Waals surface area contributed by atoms with E-state index in [1.54, 1.807) is 6.92 Å². The molecular weight excluding hydrogens is 303 g/mol. The number of aromatic carboxylic acids is 1. The van der Waals surface area contributed by atoms with Crippen molar-refractivity contribution in [3.05, 3.63) is 51.3 Å². The number of carbonyl (C=O) groups is 2. The zero-order valence-corrected chi connectivity index (χ0v) is 11.8. The number of rotatable bonds is 3. The van der Waals surface area contributed by atoms with Crippen LogP contribution in [0.2, 0.25) is 10.0 Å². The molecule has 1 heterocycles. The van der Waals surface area contributed by atoms with Gasteiger partial charge in [-0.25, -0.2) is 4.79 Å². The highest BCUT2D eigenvalue weighted by molar-refractivity contribution is 6.37. The largest absolute Gasteiger partial charge is 0.478 e. The Morgan fingerprint density at radius 1 is 1.30 bits per heavy atom. The molecule has 0 unspecified atom stereocenters. The van der Waals surface area contributed by atoms with Crippen molar-refractivity contribution in [3.8, 4) is 0 Å². The van der Waals surface area contributed by atoms with Gasteiger partial charge in [-0.3, -0.25) is 4.79 Å². The Bertz CT molecular complexity index is 695. The Kier molecular flexibility index (Phi) is 4.01. The molecule has 0 spiro atoms. The molecule has 0 aliphatic carbocycles. The summed E-state index contributed by atoms with van der Waals surface area (Å²) in [4.78, 5) is 26.0. The highest BCUT2D eigenvalue weighted by Gasteiger charge is 2.18. The molecule has 104 valence electrons. The summed E-state index contributed by atoms with van der Waals surface area (Å²) in [5, 5.41) is 12.2. The number of aromatic nitrogens is 1. The molecule has 0 bridgehead atoms. The van der Waals surface area contributed by atoms with Crippen LogP contribution in [-0.4, -0.2) is 22.0 Å². The first-order valence-electron chi connectivity index (χ1n) is 5.58. The third kappa shape index (κ3) is 2.79. The van der Waals surface area contributed by atoms with Gasteiger partial charge in [0.05, 0.1) is 16.3 Å². The number of aryl methyl sites for hydroxylation is 1. The van der Waals surface area contributed by atoms with Crippen molar-refractivity contribution in [1.29, 1.82) is 0 Å². The number of H-pyrrole nitrogens is 1. The molecule has 1 amide bonds. The lowest BCUT2D eigenvalue weighted by Crippen LogP contribution is -2.14. The van der Waals surface area contributed by atoms with Crippen LogP contribution in [0.1, 0.15) is 26.4 Å². The fourth-order valence-electron chi connectivity index (χ4n) is 1.76. The minimum Gasteiger partial charge on any atom is -0.478 e. The second-order valence-electron chi connectivity index (χ2n) is 4.09. The molecule has 20 heavy (non-hydrogen) atoms. The molecule has 1 aromatic heterocycles. The van der Waals surface area contributed by atoms with E-state index in [4.69, 9.17) is 28.3 Å². The fraction of sp³-hybridized carbons (Fsp3) is 0.0769. The lowest BCUT2D eigenvalue weighted by Gasteiger charge is -2.06.